The molecule has 158 valence electrons. The first-order valence-corrected chi connectivity index (χ1v) is 9.75. The van der Waals surface area contributed by atoms with Crippen LogP contribution in [0.2, 0.25) is 0 Å². The van der Waals surface area contributed by atoms with Crippen molar-refractivity contribution in [3.8, 4) is 11.5 Å². The van der Waals surface area contributed by atoms with Crippen molar-refractivity contribution in [1.82, 2.24) is 0 Å². The third-order valence-electron chi connectivity index (χ3n) is 6.03. The zero-order valence-electron chi connectivity index (χ0n) is 17.3. The quantitative estimate of drug-likeness (QED) is 0.554. The summed E-state index contributed by atoms with van der Waals surface area (Å²) in [6.45, 7) is 3.68. The van der Waals surface area contributed by atoms with E-state index >= 15 is 0 Å². The standard InChI is InChI=1S/C22H23NO7/c1-10-7-13-19(20(24)16(10)21(25)27-3)18(17(11(2)23-13)22(26)28-4)12-5-6-14-15(8-12)30-9-29-14/h5-6,8,10,16,18-19H,7,9H2,1-4H3/t10-,16+,18+,19?/m1/s1. The maximum absolute atomic E-state index is 13.5. The third kappa shape index (κ3) is 3.07. The summed E-state index contributed by atoms with van der Waals surface area (Å²) in [6, 6.07) is 5.32. The third-order valence-corrected chi connectivity index (χ3v) is 6.03. The molecule has 0 amide bonds. The van der Waals surface area contributed by atoms with Crippen LogP contribution >= 0.6 is 0 Å². The minimum Gasteiger partial charge on any atom is -0.468 e. The van der Waals surface area contributed by atoms with Crippen molar-refractivity contribution in [1.29, 1.82) is 0 Å². The predicted octanol–water partition coefficient (Wildman–Crippen LogP) is 2.41. The van der Waals surface area contributed by atoms with Gasteiger partial charge in [0.2, 0.25) is 6.79 Å². The van der Waals surface area contributed by atoms with Crippen LogP contribution in [0.3, 0.4) is 0 Å². The molecule has 0 aromatic heterocycles. The lowest BCUT2D eigenvalue weighted by Gasteiger charge is -2.39. The summed E-state index contributed by atoms with van der Waals surface area (Å²) in [4.78, 5) is 43.2. The van der Waals surface area contributed by atoms with Gasteiger partial charge in [-0.15, -0.1) is 0 Å². The van der Waals surface area contributed by atoms with Crippen LogP contribution in [-0.2, 0) is 23.9 Å². The van der Waals surface area contributed by atoms with Gasteiger partial charge in [-0.25, -0.2) is 4.79 Å². The number of hydrogen-bond donors (Lipinski definition) is 0. The normalized spacial score (nSPS) is 27.3. The number of nitrogens with zero attached hydrogens (tertiary/aromatic N) is 1. The smallest absolute Gasteiger partial charge is 0.336 e. The van der Waals surface area contributed by atoms with Crippen molar-refractivity contribution < 1.29 is 33.3 Å². The number of hydrogen-bond acceptors (Lipinski definition) is 8. The van der Waals surface area contributed by atoms with E-state index in [9.17, 15) is 14.4 Å². The van der Waals surface area contributed by atoms with E-state index in [1.54, 1.807) is 25.1 Å². The van der Waals surface area contributed by atoms with Crippen LogP contribution in [0.25, 0.3) is 0 Å². The maximum atomic E-state index is 13.5. The highest BCUT2D eigenvalue weighted by atomic mass is 16.7. The molecule has 8 nitrogen and oxygen atoms in total. The molecule has 0 spiro atoms. The lowest BCUT2D eigenvalue weighted by molar-refractivity contribution is -0.152. The van der Waals surface area contributed by atoms with E-state index in [0.29, 0.717) is 40.5 Å². The molecule has 1 unspecified atom stereocenters. The highest BCUT2D eigenvalue weighted by Crippen LogP contribution is 2.47. The zero-order chi connectivity index (χ0) is 21.6. The number of allylic oxidation sites excluding steroid dienone is 1. The van der Waals surface area contributed by atoms with Gasteiger partial charge >= 0.3 is 11.9 Å². The number of ketones is 1. The molecule has 1 aliphatic carbocycles. The molecular weight excluding hydrogens is 390 g/mol. The van der Waals surface area contributed by atoms with Crippen LogP contribution in [0.4, 0.5) is 0 Å². The van der Waals surface area contributed by atoms with E-state index in [4.69, 9.17) is 18.9 Å². The number of Topliss-reactive ketones (excluding diaryl/α,β-unsaturated/α-hetero) is 1. The van der Waals surface area contributed by atoms with E-state index in [1.807, 2.05) is 6.92 Å². The Balaban J connectivity index is 1.87. The minimum atomic E-state index is -0.909. The lowest BCUT2D eigenvalue weighted by Crippen LogP contribution is -2.48. The number of benzene rings is 1. The Labute approximate surface area is 173 Å². The summed E-state index contributed by atoms with van der Waals surface area (Å²) < 4.78 is 20.8. The van der Waals surface area contributed by atoms with Gasteiger partial charge in [-0.2, -0.15) is 0 Å². The van der Waals surface area contributed by atoms with E-state index in [1.165, 1.54) is 14.2 Å². The topological polar surface area (TPSA) is 100 Å². The predicted molar refractivity (Wildman–Crippen MR) is 105 cm³/mol. The van der Waals surface area contributed by atoms with Crippen molar-refractivity contribution in [3.63, 3.8) is 0 Å². The molecule has 1 saturated carbocycles. The van der Waals surface area contributed by atoms with Gasteiger partial charge in [0.25, 0.3) is 0 Å². The number of ether oxygens (including phenoxy) is 4. The fourth-order valence-corrected chi connectivity index (χ4v) is 4.68. The Morgan fingerprint density at radius 3 is 2.53 bits per heavy atom. The first-order valence-electron chi connectivity index (χ1n) is 9.75. The second kappa shape index (κ2) is 7.59. The molecule has 3 aliphatic rings. The van der Waals surface area contributed by atoms with E-state index in [-0.39, 0.29) is 18.5 Å². The molecule has 0 radical (unpaired) electrons. The summed E-state index contributed by atoms with van der Waals surface area (Å²) in [5.41, 5.74) is 2.17. The van der Waals surface area contributed by atoms with Gasteiger partial charge in [-0.05, 0) is 37.0 Å². The van der Waals surface area contributed by atoms with Crippen LogP contribution in [0.15, 0.2) is 34.5 Å². The molecule has 30 heavy (non-hydrogen) atoms. The Morgan fingerprint density at radius 2 is 1.83 bits per heavy atom. The molecule has 0 bridgehead atoms. The number of carbonyl (C=O) groups excluding carboxylic acids is 3. The number of carbonyl (C=O) groups is 3. The van der Waals surface area contributed by atoms with Gasteiger partial charge < -0.3 is 18.9 Å². The van der Waals surface area contributed by atoms with Crippen LogP contribution in [0, 0.1) is 17.8 Å². The Hall–Kier alpha value is -3.16. The first-order chi connectivity index (χ1) is 14.4. The average Bonchev–Trinajstić information content (AvgIpc) is 3.19. The highest BCUT2D eigenvalue weighted by Gasteiger charge is 2.51. The van der Waals surface area contributed by atoms with Crippen LogP contribution < -0.4 is 9.47 Å². The Bertz CT molecular complexity index is 993. The number of esters is 2. The van der Waals surface area contributed by atoms with Crippen molar-refractivity contribution >= 4 is 23.4 Å². The van der Waals surface area contributed by atoms with Gasteiger partial charge in [0.1, 0.15) is 5.92 Å². The summed E-state index contributed by atoms with van der Waals surface area (Å²) in [5, 5.41) is 0. The molecule has 2 heterocycles. The molecule has 8 heteroatoms. The van der Waals surface area contributed by atoms with Gasteiger partial charge in [0.15, 0.2) is 17.3 Å². The van der Waals surface area contributed by atoms with Crippen molar-refractivity contribution in [2.24, 2.45) is 22.7 Å². The second-order valence-corrected chi connectivity index (χ2v) is 7.75. The first kappa shape index (κ1) is 20.1. The van der Waals surface area contributed by atoms with Gasteiger partial charge in [0.05, 0.1) is 25.7 Å². The van der Waals surface area contributed by atoms with Crippen LogP contribution in [-0.4, -0.2) is 44.4 Å². The van der Waals surface area contributed by atoms with Gasteiger partial charge in [-0.1, -0.05) is 13.0 Å². The number of fused-ring (bicyclic) bond motifs is 2. The molecule has 4 atom stereocenters. The molecule has 0 N–H and O–H groups in total. The SMILES string of the molecule is COC(=O)C1=C(C)N=C2C[C@@H](C)[C@H](C(=O)OC)C(=O)C2[C@H]1c1ccc2c(c1)OCO2. The molecular formula is C22H23NO7. The van der Waals surface area contributed by atoms with Gasteiger partial charge in [-0.3, -0.25) is 14.6 Å². The Kier molecular flexibility index (Phi) is 5.09. The molecule has 4 rings (SSSR count). The monoisotopic (exact) mass is 413 g/mol. The highest BCUT2D eigenvalue weighted by molar-refractivity contribution is 6.17. The van der Waals surface area contributed by atoms with Crippen molar-refractivity contribution in [2.45, 2.75) is 26.2 Å². The van der Waals surface area contributed by atoms with Crippen molar-refractivity contribution in [2.75, 3.05) is 21.0 Å². The van der Waals surface area contributed by atoms with E-state index in [0.717, 1.165) is 0 Å². The fraction of sp³-hybridized carbons (Fsp3) is 0.455. The van der Waals surface area contributed by atoms with Gasteiger partial charge in [0, 0.05) is 17.3 Å². The number of rotatable bonds is 3. The van der Waals surface area contributed by atoms with Crippen LogP contribution in [0.5, 0.6) is 11.5 Å². The largest absolute Gasteiger partial charge is 0.468 e. The van der Waals surface area contributed by atoms with E-state index < -0.39 is 29.7 Å². The molecule has 1 fully saturated rings. The average molecular weight is 413 g/mol. The lowest BCUT2D eigenvalue weighted by atomic mass is 9.63. The fourth-order valence-electron chi connectivity index (χ4n) is 4.68. The van der Waals surface area contributed by atoms with Crippen LogP contribution in [0.1, 0.15) is 31.7 Å². The summed E-state index contributed by atoms with van der Waals surface area (Å²) in [7, 11) is 2.56. The van der Waals surface area contributed by atoms with Crippen molar-refractivity contribution in [3.05, 3.63) is 35.0 Å². The van der Waals surface area contributed by atoms with E-state index in [2.05, 4.69) is 4.99 Å². The minimum absolute atomic E-state index is 0.110. The summed E-state index contributed by atoms with van der Waals surface area (Å²) >= 11 is 0. The molecule has 1 aromatic rings. The number of methoxy groups -OCH3 is 2. The summed E-state index contributed by atoms with van der Waals surface area (Å²) in [6.07, 6.45) is 0.461. The zero-order valence-corrected chi connectivity index (χ0v) is 17.3. The number of aliphatic imine (C=N–C) groups is 1. The molecule has 1 aromatic carbocycles. The second-order valence-electron chi connectivity index (χ2n) is 7.75. The molecule has 0 saturated heterocycles. The summed E-state index contributed by atoms with van der Waals surface area (Å²) in [5.74, 6) is -2.84. The molecule has 2 aliphatic heterocycles. The Morgan fingerprint density at radius 1 is 1.10 bits per heavy atom. The maximum Gasteiger partial charge on any atom is 0.336 e.